The number of aromatic nitrogens is 4. The summed E-state index contributed by atoms with van der Waals surface area (Å²) in [6, 6.07) is 9.38. The van der Waals surface area contributed by atoms with E-state index in [1.165, 1.54) is 23.5 Å². The van der Waals surface area contributed by atoms with Crippen molar-refractivity contribution in [2.75, 3.05) is 0 Å². The number of amides is 1. The number of nitrogens with one attached hydrogen (secondary N) is 2. The predicted molar refractivity (Wildman–Crippen MR) is 74.2 cm³/mol. The van der Waals surface area contributed by atoms with Crippen LogP contribution in [0.3, 0.4) is 0 Å². The normalized spacial score (nSPS) is 12.0. The molecule has 0 bridgehead atoms. The average Bonchev–Trinajstić information content (AvgIpc) is 3.19. The number of carbonyl (C=O) groups excluding carboxylic acids is 1. The van der Waals surface area contributed by atoms with Crippen LogP contribution >= 0.6 is 11.3 Å². The molecule has 0 aliphatic rings. The molecule has 21 heavy (non-hydrogen) atoms. The van der Waals surface area contributed by atoms with E-state index in [1.54, 1.807) is 12.1 Å². The summed E-state index contributed by atoms with van der Waals surface area (Å²) in [5.41, 5.74) is 0.774. The van der Waals surface area contributed by atoms with Gasteiger partial charge in [0.05, 0.1) is 6.04 Å². The largest absolute Gasteiger partial charge is 0.337 e. The molecule has 2 N–H and O–H groups in total. The third kappa shape index (κ3) is 2.95. The fourth-order valence-electron chi connectivity index (χ4n) is 1.88. The fourth-order valence-corrected chi connectivity index (χ4v) is 2.69. The standard InChI is InChI=1S/C13H10FN5OS/c14-9-5-3-8(4-6-9)11(10-2-1-7-21-10)15-13(20)12-16-18-19-17-12/h1-7,11H,(H,15,20)(H,16,17,18,19). The Labute approximate surface area is 123 Å². The summed E-state index contributed by atoms with van der Waals surface area (Å²) in [6.07, 6.45) is 0. The third-order valence-corrected chi connectivity index (χ3v) is 3.79. The Kier molecular flexibility index (Phi) is 3.69. The minimum atomic E-state index is -0.452. The van der Waals surface area contributed by atoms with Gasteiger partial charge in [-0.15, -0.1) is 21.5 Å². The van der Waals surface area contributed by atoms with Gasteiger partial charge >= 0.3 is 0 Å². The van der Waals surface area contributed by atoms with Crippen molar-refractivity contribution < 1.29 is 9.18 Å². The SMILES string of the molecule is O=C(NC(c1ccc(F)cc1)c1cccs1)c1nn[nH]n1. The van der Waals surface area contributed by atoms with Crippen LogP contribution < -0.4 is 5.32 Å². The van der Waals surface area contributed by atoms with Crippen molar-refractivity contribution in [1.29, 1.82) is 0 Å². The summed E-state index contributed by atoms with van der Waals surface area (Å²) in [6.45, 7) is 0. The summed E-state index contributed by atoms with van der Waals surface area (Å²) >= 11 is 1.50. The molecular formula is C13H10FN5OS. The van der Waals surface area contributed by atoms with E-state index >= 15 is 0 Å². The smallest absolute Gasteiger partial charge is 0.293 e. The van der Waals surface area contributed by atoms with Crippen LogP contribution in [0, 0.1) is 5.82 Å². The number of hydrogen-bond donors (Lipinski definition) is 2. The second-order valence-corrected chi connectivity index (χ2v) is 5.19. The molecule has 1 amide bonds. The van der Waals surface area contributed by atoms with Crippen molar-refractivity contribution in [3.8, 4) is 0 Å². The van der Waals surface area contributed by atoms with Gasteiger partial charge in [-0.3, -0.25) is 4.79 Å². The molecule has 2 heterocycles. The number of benzene rings is 1. The molecule has 0 saturated heterocycles. The summed E-state index contributed by atoms with van der Waals surface area (Å²) in [5, 5.41) is 17.6. The summed E-state index contributed by atoms with van der Waals surface area (Å²) in [5.74, 6) is -0.821. The van der Waals surface area contributed by atoms with E-state index in [-0.39, 0.29) is 11.6 Å². The van der Waals surface area contributed by atoms with E-state index in [4.69, 9.17) is 0 Å². The Balaban J connectivity index is 1.90. The molecule has 2 aromatic heterocycles. The van der Waals surface area contributed by atoms with Crippen molar-refractivity contribution in [2.24, 2.45) is 0 Å². The van der Waals surface area contributed by atoms with E-state index in [0.29, 0.717) is 0 Å². The van der Waals surface area contributed by atoms with Gasteiger partial charge in [0.15, 0.2) is 0 Å². The number of halogens is 1. The van der Waals surface area contributed by atoms with E-state index in [2.05, 4.69) is 25.9 Å². The summed E-state index contributed by atoms with van der Waals surface area (Å²) in [4.78, 5) is 13.0. The average molecular weight is 303 g/mol. The van der Waals surface area contributed by atoms with Crippen LogP contribution in [-0.4, -0.2) is 26.5 Å². The van der Waals surface area contributed by atoms with Crippen molar-refractivity contribution >= 4 is 17.2 Å². The highest BCUT2D eigenvalue weighted by Gasteiger charge is 2.20. The number of tetrazole rings is 1. The molecule has 0 aliphatic heterocycles. The second kappa shape index (κ2) is 5.80. The lowest BCUT2D eigenvalue weighted by atomic mass is 10.1. The first-order chi connectivity index (χ1) is 10.2. The van der Waals surface area contributed by atoms with E-state index < -0.39 is 11.9 Å². The lowest BCUT2D eigenvalue weighted by molar-refractivity contribution is 0.0933. The molecule has 6 nitrogen and oxygen atoms in total. The van der Waals surface area contributed by atoms with Crippen molar-refractivity contribution in [3.63, 3.8) is 0 Å². The Bertz CT molecular complexity index is 712. The maximum absolute atomic E-state index is 13.1. The molecular weight excluding hydrogens is 293 g/mol. The summed E-state index contributed by atoms with van der Waals surface area (Å²) < 4.78 is 13.1. The second-order valence-electron chi connectivity index (χ2n) is 4.21. The predicted octanol–water partition coefficient (Wildman–Crippen LogP) is 1.92. The van der Waals surface area contributed by atoms with Gasteiger partial charge in [0, 0.05) is 4.88 Å². The van der Waals surface area contributed by atoms with E-state index in [9.17, 15) is 9.18 Å². The highest BCUT2D eigenvalue weighted by atomic mass is 32.1. The van der Waals surface area contributed by atoms with E-state index in [1.807, 2.05) is 17.5 Å². The number of nitrogens with zero attached hydrogens (tertiary/aromatic N) is 3. The first-order valence-electron chi connectivity index (χ1n) is 6.07. The van der Waals surface area contributed by atoms with Crippen LogP contribution in [0.25, 0.3) is 0 Å². The number of rotatable bonds is 4. The van der Waals surface area contributed by atoms with Gasteiger partial charge < -0.3 is 5.32 Å². The number of carbonyl (C=O) groups is 1. The first kappa shape index (κ1) is 13.4. The minimum Gasteiger partial charge on any atom is -0.337 e. The van der Waals surface area contributed by atoms with Gasteiger partial charge in [-0.1, -0.05) is 18.2 Å². The Hall–Kier alpha value is -2.61. The van der Waals surface area contributed by atoms with Crippen molar-refractivity contribution in [1.82, 2.24) is 25.9 Å². The molecule has 0 radical (unpaired) electrons. The fraction of sp³-hybridized carbons (Fsp3) is 0.0769. The Morgan fingerprint density at radius 1 is 1.29 bits per heavy atom. The van der Waals surface area contributed by atoms with Crippen molar-refractivity contribution in [3.05, 3.63) is 63.9 Å². The highest BCUT2D eigenvalue weighted by molar-refractivity contribution is 7.10. The van der Waals surface area contributed by atoms with E-state index in [0.717, 1.165) is 10.4 Å². The lowest BCUT2D eigenvalue weighted by Crippen LogP contribution is -2.29. The first-order valence-corrected chi connectivity index (χ1v) is 6.95. The highest BCUT2D eigenvalue weighted by Crippen LogP contribution is 2.26. The van der Waals surface area contributed by atoms with Crippen LogP contribution in [0.5, 0.6) is 0 Å². The number of H-pyrrole nitrogens is 1. The molecule has 0 saturated carbocycles. The Morgan fingerprint density at radius 3 is 2.71 bits per heavy atom. The monoisotopic (exact) mass is 303 g/mol. The Morgan fingerprint density at radius 2 is 2.10 bits per heavy atom. The molecule has 3 aromatic rings. The molecule has 106 valence electrons. The van der Waals surface area contributed by atoms with Crippen LogP contribution in [0.2, 0.25) is 0 Å². The lowest BCUT2D eigenvalue weighted by Gasteiger charge is -2.17. The molecule has 3 rings (SSSR count). The van der Waals surface area contributed by atoms with Crippen LogP contribution in [-0.2, 0) is 0 Å². The van der Waals surface area contributed by atoms with Crippen LogP contribution in [0.1, 0.15) is 27.1 Å². The van der Waals surface area contributed by atoms with Crippen LogP contribution in [0.4, 0.5) is 4.39 Å². The number of hydrogen-bond acceptors (Lipinski definition) is 5. The van der Waals surface area contributed by atoms with Crippen LogP contribution in [0.15, 0.2) is 41.8 Å². The topological polar surface area (TPSA) is 83.6 Å². The third-order valence-electron chi connectivity index (χ3n) is 2.85. The number of thiophene rings is 1. The molecule has 1 unspecified atom stereocenters. The van der Waals surface area contributed by atoms with Gasteiger partial charge in [-0.05, 0) is 34.4 Å². The van der Waals surface area contributed by atoms with Gasteiger partial charge in [0.2, 0.25) is 0 Å². The van der Waals surface area contributed by atoms with Gasteiger partial charge in [-0.2, -0.15) is 5.21 Å². The molecule has 0 spiro atoms. The molecule has 1 aromatic carbocycles. The van der Waals surface area contributed by atoms with Gasteiger partial charge in [0.1, 0.15) is 5.82 Å². The minimum absolute atomic E-state index is 0.0429. The molecule has 8 heteroatoms. The van der Waals surface area contributed by atoms with Gasteiger partial charge in [0.25, 0.3) is 11.7 Å². The molecule has 0 aliphatic carbocycles. The quantitative estimate of drug-likeness (QED) is 0.771. The zero-order valence-electron chi connectivity index (χ0n) is 10.7. The molecule has 0 fully saturated rings. The number of aromatic amines is 1. The maximum Gasteiger partial charge on any atom is 0.293 e. The molecule has 1 atom stereocenters. The summed E-state index contributed by atoms with van der Waals surface area (Å²) in [7, 11) is 0. The van der Waals surface area contributed by atoms with Gasteiger partial charge in [-0.25, -0.2) is 4.39 Å². The zero-order chi connectivity index (χ0) is 14.7. The van der Waals surface area contributed by atoms with Crippen molar-refractivity contribution in [2.45, 2.75) is 6.04 Å². The maximum atomic E-state index is 13.1. The zero-order valence-corrected chi connectivity index (χ0v) is 11.5.